The van der Waals surface area contributed by atoms with Crippen molar-refractivity contribution in [1.82, 2.24) is 0 Å². The van der Waals surface area contributed by atoms with Crippen molar-refractivity contribution in [2.75, 3.05) is 6.61 Å². The van der Waals surface area contributed by atoms with Gasteiger partial charge in [0.15, 0.2) is 12.4 Å². The number of benzene rings is 2. The molecule has 0 bridgehead atoms. The summed E-state index contributed by atoms with van der Waals surface area (Å²) in [5.41, 5.74) is 1.06. The first-order valence-electron chi connectivity index (χ1n) is 6.41. The number of nitrogens with zero attached hydrogens (tertiary/aromatic N) is 1. The molecule has 0 unspecified atom stereocenters. The van der Waals surface area contributed by atoms with Crippen LogP contribution in [0.3, 0.4) is 0 Å². The summed E-state index contributed by atoms with van der Waals surface area (Å²) >= 11 is 0. The van der Waals surface area contributed by atoms with Crippen LogP contribution in [0.5, 0.6) is 5.75 Å². The van der Waals surface area contributed by atoms with E-state index < -0.39 is 0 Å². The minimum Gasteiger partial charge on any atom is -0.484 e. The molecule has 0 aliphatic heterocycles. The first-order chi connectivity index (χ1) is 10.3. The highest BCUT2D eigenvalue weighted by Crippen LogP contribution is 2.20. The van der Waals surface area contributed by atoms with E-state index in [1.165, 1.54) is 0 Å². The van der Waals surface area contributed by atoms with Crippen molar-refractivity contribution in [2.24, 2.45) is 0 Å². The molecule has 1 aromatic heterocycles. The predicted molar refractivity (Wildman–Crippen MR) is 77.2 cm³/mol. The topological polar surface area (TPSA) is 63.2 Å². The van der Waals surface area contributed by atoms with Crippen molar-refractivity contribution in [1.29, 1.82) is 5.26 Å². The van der Waals surface area contributed by atoms with Gasteiger partial charge in [-0.05, 0) is 24.3 Å². The number of furan rings is 1. The Morgan fingerprint density at radius 3 is 2.71 bits per heavy atom. The second-order valence-electron chi connectivity index (χ2n) is 4.47. The first kappa shape index (κ1) is 12.9. The van der Waals surface area contributed by atoms with Gasteiger partial charge in [0.25, 0.3) is 0 Å². The Kier molecular flexibility index (Phi) is 3.40. The van der Waals surface area contributed by atoms with Gasteiger partial charge in [-0.2, -0.15) is 5.26 Å². The maximum absolute atomic E-state index is 12.1. The number of para-hydroxylation sites is 2. The van der Waals surface area contributed by atoms with E-state index in [1.54, 1.807) is 36.4 Å². The Hall–Kier alpha value is -3.06. The highest BCUT2D eigenvalue weighted by molar-refractivity contribution is 5.98. The molecule has 4 heteroatoms. The smallest absolute Gasteiger partial charge is 0.235 e. The molecule has 3 aromatic rings. The number of carbonyl (C=O) groups excluding carboxylic acids is 1. The molecule has 0 N–H and O–H groups in total. The van der Waals surface area contributed by atoms with Crippen LogP contribution in [0.25, 0.3) is 11.0 Å². The molecule has 0 atom stereocenters. The fourth-order valence-electron chi connectivity index (χ4n) is 2.02. The number of nitriles is 1. The molecule has 0 spiro atoms. The van der Waals surface area contributed by atoms with Gasteiger partial charge in [-0.3, -0.25) is 4.79 Å². The van der Waals surface area contributed by atoms with Gasteiger partial charge in [-0.25, -0.2) is 0 Å². The molecule has 0 radical (unpaired) electrons. The lowest BCUT2D eigenvalue weighted by atomic mass is 10.2. The number of Topliss-reactive ketones (excluding diaryl/α,β-unsaturated/α-hetero) is 1. The quantitative estimate of drug-likeness (QED) is 0.684. The minimum absolute atomic E-state index is 0.168. The summed E-state index contributed by atoms with van der Waals surface area (Å²) in [6.45, 7) is -0.168. The van der Waals surface area contributed by atoms with Crippen LogP contribution in [-0.2, 0) is 0 Å². The van der Waals surface area contributed by atoms with Gasteiger partial charge in [-0.1, -0.05) is 30.3 Å². The Bertz CT molecular complexity index is 809. The van der Waals surface area contributed by atoms with Gasteiger partial charge in [0.2, 0.25) is 5.78 Å². The number of ketones is 1. The zero-order valence-corrected chi connectivity index (χ0v) is 11.1. The van der Waals surface area contributed by atoms with E-state index in [1.807, 2.05) is 24.3 Å². The van der Waals surface area contributed by atoms with Gasteiger partial charge >= 0.3 is 0 Å². The van der Waals surface area contributed by atoms with E-state index in [4.69, 9.17) is 14.4 Å². The molecule has 2 aromatic carbocycles. The molecule has 0 fully saturated rings. The Morgan fingerprint density at radius 1 is 1.14 bits per heavy atom. The molecule has 0 saturated heterocycles. The van der Waals surface area contributed by atoms with E-state index in [0.29, 0.717) is 16.9 Å². The number of ether oxygens (including phenoxy) is 1. The lowest BCUT2D eigenvalue weighted by Crippen LogP contribution is -2.11. The van der Waals surface area contributed by atoms with Gasteiger partial charge in [0.1, 0.15) is 17.4 Å². The zero-order valence-electron chi connectivity index (χ0n) is 11.1. The van der Waals surface area contributed by atoms with E-state index in [0.717, 1.165) is 5.39 Å². The van der Waals surface area contributed by atoms with Crippen molar-refractivity contribution in [3.05, 3.63) is 65.9 Å². The van der Waals surface area contributed by atoms with Crippen molar-refractivity contribution in [3.8, 4) is 11.8 Å². The summed E-state index contributed by atoms with van der Waals surface area (Å²) in [5.74, 6) is 0.383. The molecule has 1 heterocycles. The normalized spacial score (nSPS) is 10.2. The highest BCUT2D eigenvalue weighted by atomic mass is 16.5. The number of hydrogen-bond donors (Lipinski definition) is 0. The summed E-state index contributed by atoms with van der Waals surface area (Å²) in [4.78, 5) is 12.1. The summed E-state index contributed by atoms with van der Waals surface area (Å²) in [5, 5.41) is 9.84. The van der Waals surface area contributed by atoms with E-state index >= 15 is 0 Å². The maximum Gasteiger partial charge on any atom is 0.235 e. The van der Waals surface area contributed by atoms with Gasteiger partial charge in [0, 0.05) is 5.39 Å². The summed E-state index contributed by atoms with van der Waals surface area (Å²) in [6, 6.07) is 17.9. The lowest BCUT2D eigenvalue weighted by molar-refractivity contribution is 0.0896. The monoisotopic (exact) mass is 277 g/mol. The van der Waals surface area contributed by atoms with E-state index in [2.05, 4.69) is 0 Å². The van der Waals surface area contributed by atoms with Crippen molar-refractivity contribution in [3.63, 3.8) is 0 Å². The largest absolute Gasteiger partial charge is 0.484 e. The molecule has 0 amide bonds. The molecule has 21 heavy (non-hydrogen) atoms. The van der Waals surface area contributed by atoms with Crippen LogP contribution in [0, 0.1) is 11.3 Å². The van der Waals surface area contributed by atoms with Gasteiger partial charge in [-0.15, -0.1) is 0 Å². The second kappa shape index (κ2) is 5.51. The van der Waals surface area contributed by atoms with Crippen LogP contribution in [-0.4, -0.2) is 12.4 Å². The molecular formula is C17H11NO3. The maximum atomic E-state index is 12.1. The van der Waals surface area contributed by atoms with Crippen LogP contribution >= 0.6 is 0 Å². The summed E-state index contributed by atoms with van der Waals surface area (Å²) in [6.07, 6.45) is 0. The fraction of sp³-hybridized carbons (Fsp3) is 0.0588. The van der Waals surface area contributed by atoms with E-state index in [-0.39, 0.29) is 18.2 Å². The number of hydrogen-bond acceptors (Lipinski definition) is 4. The van der Waals surface area contributed by atoms with Crippen LogP contribution < -0.4 is 4.74 Å². The van der Waals surface area contributed by atoms with Crippen molar-refractivity contribution >= 4 is 16.8 Å². The van der Waals surface area contributed by atoms with Crippen LogP contribution in [0.15, 0.2) is 59.0 Å². The third kappa shape index (κ3) is 2.63. The van der Waals surface area contributed by atoms with E-state index in [9.17, 15) is 4.79 Å². The zero-order chi connectivity index (χ0) is 14.7. The summed E-state index contributed by atoms with van der Waals surface area (Å²) in [7, 11) is 0. The molecule has 0 aliphatic rings. The first-order valence-corrected chi connectivity index (χ1v) is 6.41. The van der Waals surface area contributed by atoms with Crippen molar-refractivity contribution < 1.29 is 13.9 Å². The van der Waals surface area contributed by atoms with Gasteiger partial charge in [0.05, 0.1) is 5.56 Å². The number of fused-ring (bicyclic) bond motifs is 1. The Morgan fingerprint density at radius 2 is 1.90 bits per heavy atom. The number of carbonyl (C=O) groups is 1. The average molecular weight is 277 g/mol. The van der Waals surface area contributed by atoms with Crippen LogP contribution in [0.2, 0.25) is 0 Å². The Labute approximate surface area is 121 Å². The van der Waals surface area contributed by atoms with Crippen LogP contribution in [0.1, 0.15) is 16.1 Å². The molecule has 4 nitrogen and oxygen atoms in total. The van der Waals surface area contributed by atoms with Gasteiger partial charge < -0.3 is 9.15 Å². The highest BCUT2D eigenvalue weighted by Gasteiger charge is 2.13. The standard InChI is InChI=1S/C17H11NO3/c18-10-13-6-2-3-7-15(13)20-11-14(19)17-9-12-5-1-4-8-16(12)21-17/h1-9H,11H2. The third-order valence-electron chi connectivity index (χ3n) is 3.07. The minimum atomic E-state index is -0.265. The molecular weight excluding hydrogens is 266 g/mol. The lowest BCUT2D eigenvalue weighted by Gasteiger charge is -2.05. The SMILES string of the molecule is N#Cc1ccccc1OCC(=O)c1cc2ccccc2o1. The third-order valence-corrected chi connectivity index (χ3v) is 3.07. The average Bonchev–Trinajstić information content (AvgIpc) is 2.97. The molecule has 0 saturated carbocycles. The number of rotatable bonds is 4. The molecule has 0 aliphatic carbocycles. The Balaban J connectivity index is 1.76. The van der Waals surface area contributed by atoms with Crippen molar-refractivity contribution in [2.45, 2.75) is 0 Å². The predicted octanol–water partition coefficient (Wildman–Crippen LogP) is 3.57. The molecule has 102 valence electrons. The van der Waals surface area contributed by atoms with Crippen LogP contribution in [0.4, 0.5) is 0 Å². The fourth-order valence-corrected chi connectivity index (χ4v) is 2.02. The summed E-state index contributed by atoms with van der Waals surface area (Å²) < 4.78 is 10.9. The molecule has 3 rings (SSSR count). The second-order valence-corrected chi connectivity index (χ2v) is 4.47.